The Labute approximate surface area is 255 Å². The first kappa shape index (κ1) is 16.7. The van der Waals surface area contributed by atoms with Crippen LogP contribution >= 0.6 is 0 Å². The van der Waals surface area contributed by atoms with Crippen molar-refractivity contribution < 1.29 is 11.0 Å². The second kappa shape index (κ2) is 9.03. The summed E-state index contributed by atoms with van der Waals surface area (Å²) in [5.74, 6) is 0. The van der Waals surface area contributed by atoms with E-state index < -0.39 is 24.2 Å². The van der Waals surface area contributed by atoms with Gasteiger partial charge in [0.1, 0.15) is 0 Å². The van der Waals surface area contributed by atoms with E-state index in [0.29, 0.717) is 22.3 Å². The van der Waals surface area contributed by atoms with E-state index in [-0.39, 0.29) is 45.7 Å². The molecule has 0 aliphatic carbocycles. The second-order valence-electron chi connectivity index (χ2n) is 10.6. The number of fused-ring (bicyclic) bond motifs is 8. The van der Waals surface area contributed by atoms with E-state index in [1.165, 1.54) is 0 Å². The van der Waals surface area contributed by atoms with Gasteiger partial charge in [0.05, 0.1) is 11.0 Å². The molecule has 0 unspecified atom stereocenters. The zero-order chi connectivity index (χ0) is 34.6. The van der Waals surface area contributed by atoms with Gasteiger partial charge in [-0.1, -0.05) is 151 Å². The minimum absolute atomic E-state index is 0.210. The smallest absolute Gasteiger partial charge is 0.0616 e. The summed E-state index contributed by atoms with van der Waals surface area (Å²) in [5, 5.41) is 8.35. The van der Waals surface area contributed by atoms with E-state index in [2.05, 4.69) is 12.1 Å². The van der Waals surface area contributed by atoms with E-state index in [4.69, 9.17) is 5.48 Å². The number of benzene rings is 9. The van der Waals surface area contributed by atoms with Crippen LogP contribution in [0.1, 0.15) is 11.0 Å². The molecular weight excluding hydrogens is 504 g/mol. The monoisotopic (exact) mass is 538 g/mol. The molecule has 0 atom stereocenters. The van der Waals surface area contributed by atoms with E-state index in [9.17, 15) is 5.48 Å². The fourth-order valence-electron chi connectivity index (χ4n) is 6.69. The van der Waals surface area contributed by atoms with Gasteiger partial charge >= 0.3 is 0 Å². The first-order chi connectivity index (χ1) is 24.2. The Morgan fingerprint density at radius 1 is 0.333 bits per heavy atom. The van der Waals surface area contributed by atoms with Gasteiger partial charge in [-0.3, -0.25) is 0 Å². The minimum Gasteiger partial charge on any atom is -0.0616 e. The molecule has 0 fully saturated rings. The molecule has 0 radical (unpaired) electrons. The number of rotatable bonds is 2. The van der Waals surface area contributed by atoms with Crippen LogP contribution in [0.3, 0.4) is 0 Å². The molecule has 9 aromatic carbocycles. The molecule has 0 N–H and O–H groups in total. The summed E-state index contributed by atoms with van der Waals surface area (Å²) in [7, 11) is 0. The summed E-state index contributed by atoms with van der Waals surface area (Å²) in [6, 6.07) is 32.8. The van der Waals surface area contributed by atoms with Crippen LogP contribution in [0.4, 0.5) is 0 Å². The maximum atomic E-state index is 9.43. The van der Waals surface area contributed by atoms with Crippen LogP contribution < -0.4 is 0 Å². The Morgan fingerprint density at radius 2 is 0.810 bits per heavy atom. The minimum atomic E-state index is -0.413. The van der Waals surface area contributed by atoms with Crippen LogP contribution in [-0.4, -0.2) is 0 Å². The zero-order valence-corrected chi connectivity index (χ0v) is 22.4. The largest absolute Gasteiger partial charge is 0.0629 e. The predicted molar refractivity (Wildman–Crippen MR) is 182 cm³/mol. The first-order valence-corrected chi connectivity index (χ1v) is 14.0. The number of hydrogen-bond acceptors (Lipinski definition) is 0. The van der Waals surface area contributed by atoms with Crippen molar-refractivity contribution in [3.8, 4) is 22.3 Å². The van der Waals surface area contributed by atoms with Crippen molar-refractivity contribution in [2.75, 3.05) is 0 Å². The van der Waals surface area contributed by atoms with Crippen LogP contribution in [0.2, 0.25) is 0 Å². The molecule has 0 saturated carbocycles. The van der Waals surface area contributed by atoms with Gasteiger partial charge in [0, 0.05) is 0 Å². The fourth-order valence-corrected chi connectivity index (χ4v) is 6.69. The van der Waals surface area contributed by atoms with Gasteiger partial charge in [-0.15, -0.1) is 0 Å². The number of hydrogen-bond donors (Lipinski definition) is 0. The molecule has 0 saturated heterocycles. The Kier molecular flexibility index (Phi) is 3.59. The third kappa shape index (κ3) is 3.30. The highest BCUT2D eigenvalue weighted by Gasteiger charge is 2.20. The second-order valence-corrected chi connectivity index (χ2v) is 10.6. The molecule has 194 valence electrons. The highest BCUT2D eigenvalue weighted by molar-refractivity contribution is 6.29. The maximum absolute atomic E-state index is 9.43. The van der Waals surface area contributed by atoms with E-state index in [1.54, 1.807) is 0 Å². The summed E-state index contributed by atoms with van der Waals surface area (Å²) in [6.07, 6.45) is 0. The van der Waals surface area contributed by atoms with Crippen molar-refractivity contribution in [1.29, 1.82) is 0 Å². The summed E-state index contributed by atoms with van der Waals surface area (Å²) < 4.78 is 73.0. The van der Waals surface area contributed by atoms with Gasteiger partial charge in [-0.05, 0) is 93.0 Å². The van der Waals surface area contributed by atoms with E-state index >= 15 is 0 Å². The molecule has 0 nitrogen and oxygen atoms in total. The van der Waals surface area contributed by atoms with Crippen LogP contribution in [0.25, 0.3) is 86.9 Å². The van der Waals surface area contributed by atoms with Gasteiger partial charge in [0.2, 0.25) is 0 Å². The van der Waals surface area contributed by atoms with Crippen LogP contribution in [0, 0.1) is 0 Å². The standard InChI is InChI=1S/C42H26/c1-3-15-30-27(12-1)14-11-23-33(30)41-35-19-7-9-21-37(35)42(38-22-10-8-20-36(38)41)39-26-29-25-24-28-13-2-4-16-31(28)40(29)34-18-6-5-17-32(34)39/h1-26H/i7D,8D,9D,10D,19D,20D,21D,22D. The third-order valence-electron chi connectivity index (χ3n) is 8.45. The predicted octanol–water partition coefficient (Wildman–Crippen LogP) is 11.9. The van der Waals surface area contributed by atoms with Crippen molar-refractivity contribution in [1.82, 2.24) is 0 Å². The molecule has 42 heavy (non-hydrogen) atoms. The lowest BCUT2D eigenvalue weighted by Gasteiger charge is -2.20. The third-order valence-corrected chi connectivity index (χ3v) is 8.45. The van der Waals surface area contributed by atoms with Crippen LogP contribution in [-0.2, 0) is 0 Å². The molecule has 0 amide bonds. The molecule has 0 heterocycles. The highest BCUT2D eigenvalue weighted by Crippen LogP contribution is 2.48. The molecule has 0 spiro atoms. The van der Waals surface area contributed by atoms with Crippen molar-refractivity contribution in [2.24, 2.45) is 0 Å². The van der Waals surface area contributed by atoms with Gasteiger partial charge in [0.25, 0.3) is 0 Å². The van der Waals surface area contributed by atoms with E-state index in [0.717, 1.165) is 43.1 Å². The average molecular weight is 539 g/mol. The van der Waals surface area contributed by atoms with Crippen molar-refractivity contribution >= 4 is 64.6 Å². The van der Waals surface area contributed by atoms with Gasteiger partial charge in [0.15, 0.2) is 0 Å². The summed E-state index contributed by atoms with van der Waals surface area (Å²) >= 11 is 0. The Morgan fingerprint density at radius 3 is 1.48 bits per heavy atom. The Hall–Kier alpha value is -5.46. The molecule has 0 heteroatoms. The summed E-state index contributed by atoms with van der Waals surface area (Å²) in [5.41, 5.74) is 1.95. The summed E-state index contributed by atoms with van der Waals surface area (Å²) in [6.45, 7) is 0. The molecule has 0 aromatic heterocycles. The Balaban J connectivity index is 1.62. The van der Waals surface area contributed by atoms with Crippen LogP contribution in [0.5, 0.6) is 0 Å². The first-order valence-electron chi connectivity index (χ1n) is 18.0. The lowest BCUT2D eigenvalue weighted by molar-refractivity contribution is 1.69. The highest BCUT2D eigenvalue weighted by atomic mass is 14.2. The van der Waals surface area contributed by atoms with Crippen LogP contribution in [0.15, 0.2) is 158 Å². The lowest BCUT2D eigenvalue weighted by atomic mass is 9.82. The molecular formula is C42H26. The summed E-state index contributed by atoms with van der Waals surface area (Å²) in [4.78, 5) is 0. The van der Waals surface area contributed by atoms with Crippen molar-refractivity contribution in [2.45, 2.75) is 0 Å². The van der Waals surface area contributed by atoms with Gasteiger partial charge in [-0.25, -0.2) is 0 Å². The van der Waals surface area contributed by atoms with Crippen molar-refractivity contribution in [3.63, 3.8) is 0 Å². The van der Waals surface area contributed by atoms with E-state index in [1.807, 2.05) is 97.1 Å². The fraction of sp³-hybridized carbons (Fsp3) is 0. The quantitative estimate of drug-likeness (QED) is 0.152. The molecule has 0 aliphatic heterocycles. The van der Waals surface area contributed by atoms with Gasteiger partial charge in [-0.2, -0.15) is 0 Å². The molecule has 0 aliphatic rings. The lowest BCUT2D eigenvalue weighted by Crippen LogP contribution is -1.93. The average Bonchev–Trinajstić information content (AvgIpc) is 3.15. The maximum Gasteiger partial charge on any atom is 0.0629 e. The van der Waals surface area contributed by atoms with Crippen molar-refractivity contribution in [3.05, 3.63) is 158 Å². The SMILES string of the molecule is [2H]c1c([2H])c([2H])c2c(-c3cc4ccc5ccccc5c4c4ccccc34)c3c([2H])c([2H])c([2H])c([2H])c3c(-c3cccc4ccccc34)c2c1[2H]. The van der Waals surface area contributed by atoms with Gasteiger partial charge < -0.3 is 0 Å². The topological polar surface area (TPSA) is 0 Å². The molecule has 0 bridgehead atoms. The zero-order valence-electron chi connectivity index (χ0n) is 30.4. The molecule has 9 aromatic rings. The Bertz CT molecular complexity index is 2880. The normalized spacial score (nSPS) is 14.5. The molecule has 9 rings (SSSR count).